The number of halogens is 2. The Hall–Kier alpha value is -1.82. The first-order valence-corrected chi connectivity index (χ1v) is 5.17. The quantitative estimate of drug-likeness (QED) is 0.846. The Morgan fingerprint density at radius 1 is 1.29 bits per heavy atom. The summed E-state index contributed by atoms with van der Waals surface area (Å²) < 4.78 is 25.7. The van der Waals surface area contributed by atoms with Gasteiger partial charge in [0.1, 0.15) is 5.82 Å². The summed E-state index contributed by atoms with van der Waals surface area (Å²) >= 11 is 0. The van der Waals surface area contributed by atoms with E-state index in [1.54, 1.807) is 7.05 Å². The molecule has 6 heteroatoms. The summed E-state index contributed by atoms with van der Waals surface area (Å²) in [5.41, 5.74) is 0.649. The zero-order chi connectivity index (χ0) is 12.3. The van der Waals surface area contributed by atoms with Crippen LogP contribution in [0.4, 0.5) is 8.78 Å². The zero-order valence-corrected chi connectivity index (χ0v) is 9.30. The molecule has 0 bridgehead atoms. The van der Waals surface area contributed by atoms with Crippen LogP contribution in [0.3, 0.4) is 0 Å². The highest BCUT2D eigenvalue weighted by molar-refractivity contribution is 5.21. The van der Waals surface area contributed by atoms with Crippen LogP contribution in [0.5, 0.6) is 0 Å². The van der Waals surface area contributed by atoms with Gasteiger partial charge in [0.05, 0.1) is 6.54 Å². The van der Waals surface area contributed by atoms with E-state index in [2.05, 4.69) is 20.5 Å². The molecule has 1 aromatic carbocycles. The summed E-state index contributed by atoms with van der Waals surface area (Å²) in [5.74, 6) is -0.425. The van der Waals surface area contributed by atoms with Crippen LogP contribution < -0.4 is 5.32 Å². The lowest BCUT2D eigenvalue weighted by atomic mass is 10.1. The number of hydrogen-bond acceptors (Lipinski definition) is 3. The third-order valence-electron chi connectivity index (χ3n) is 2.27. The van der Waals surface area contributed by atoms with Crippen molar-refractivity contribution in [3.8, 4) is 0 Å². The molecule has 2 rings (SSSR count). The molecular weight excluding hydrogens is 226 g/mol. The van der Waals surface area contributed by atoms with Crippen molar-refractivity contribution in [1.29, 1.82) is 0 Å². The van der Waals surface area contributed by atoms with E-state index in [1.165, 1.54) is 6.07 Å². The molecule has 2 N–H and O–H groups in total. The molecule has 0 unspecified atom stereocenters. The van der Waals surface area contributed by atoms with Gasteiger partial charge < -0.3 is 5.32 Å². The molecule has 4 nitrogen and oxygen atoms in total. The third-order valence-corrected chi connectivity index (χ3v) is 2.27. The van der Waals surface area contributed by atoms with Gasteiger partial charge in [-0.25, -0.2) is 13.8 Å². The predicted molar refractivity (Wildman–Crippen MR) is 58.3 cm³/mol. The molecule has 0 radical (unpaired) electrons. The molecular formula is C11H12F2N4. The summed E-state index contributed by atoms with van der Waals surface area (Å²) in [6.45, 7) is 0.564. The van der Waals surface area contributed by atoms with Crippen molar-refractivity contribution in [1.82, 2.24) is 20.5 Å². The standard InChI is InChI=1S/C11H12F2N4/c1-14-6-11-15-10(16-17-11)5-7-2-3-8(12)9(13)4-7/h2-4,14H,5-6H2,1H3,(H,15,16,17). The number of aromatic nitrogens is 3. The third kappa shape index (κ3) is 2.85. The second-order valence-electron chi connectivity index (χ2n) is 3.65. The zero-order valence-electron chi connectivity index (χ0n) is 9.30. The summed E-state index contributed by atoms with van der Waals surface area (Å²) in [6, 6.07) is 3.80. The second kappa shape index (κ2) is 5.01. The van der Waals surface area contributed by atoms with Crippen molar-refractivity contribution >= 4 is 0 Å². The van der Waals surface area contributed by atoms with Crippen LogP contribution in [0.25, 0.3) is 0 Å². The number of nitrogens with one attached hydrogen (secondary N) is 2. The van der Waals surface area contributed by atoms with E-state index < -0.39 is 11.6 Å². The van der Waals surface area contributed by atoms with Crippen LogP contribution in [0.1, 0.15) is 17.2 Å². The molecule has 0 atom stereocenters. The summed E-state index contributed by atoms with van der Waals surface area (Å²) in [7, 11) is 1.80. The number of nitrogens with zero attached hydrogens (tertiary/aromatic N) is 2. The van der Waals surface area contributed by atoms with Crippen LogP contribution in [-0.4, -0.2) is 22.2 Å². The monoisotopic (exact) mass is 238 g/mol. The van der Waals surface area contributed by atoms with Gasteiger partial charge in [0.25, 0.3) is 0 Å². The van der Waals surface area contributed by atoms with Gasteiger partial charge in [-0.2, -0.15) is 5.10 Å². The highest BCUT2D eigenvalue weighted by Gasteiger charge is 2.06. The van der Waals surface area contributed by atoms with E-state index in [0.29, 0.717) is 30.2 Å². The van der Waals surface area contributed by atoms with E-state index in [9.17, 15) is 8.78 Å². The average Bonchev–Trinajstić information content (AvgIpc) is 2.72. The second-order valence-corrected chi connectivity index (χ2v) is 3.65. The minimum absolute atomic E-state index is 0.397. The first-order valence-electron chi connectivity index (χ1n) is 5.17. The molecule has 0 aliphatic carbocycles. The van der Waals surface area contributed by atoms with Gasteiger partial charge in [-0.1, -0.05) is 6.07 Å². The van der Waals surface area contributed by atoms with Crippen LogP contribution in [0.15, 0.2) is 18.2 Å². The van der Waals surface area contributed by atoms with E-state index in [0.717, 1.165) is 12.1 Å². The van der Waals surface area contributed by atoms with Crippen molar-refractivity contribution in [2.24, 2.45) is 0 Å². The Kier molecular flexibility index (Phi) is 3.43. The Morgan fingerprint density at radius 2 is 2.12 bits per heavy atom. The number of aromatic amines is 1. The first-order chi connectivity index (χ1) is 8.19. The first kappa shape index (κ1) is 11.7. The SMILES string of the molecule is CNCc1n[nH]c(Cc2ccc(F)c(F)c2)n1. The average molecular weight is 238 g/mol. The molecule has 17 heavy (non-hydrogen) atoms. The molecule has 1 aromatic heterocycles. The van der Waals surface area contributed by atoms with E-state index in [4.69, 9.17) is 0 Å². The van der Waals surface area contributed by atoms with Crippen molar-refractivity contribution in [2.45, 2.75) is 13.0 Å². The number of benzene rings is 1. The maximum atomic E-state index is 13.0. The fourth-order valence-corrected chi connectivity index (χ4v) is 1.49. The topological polar surface area (TPSA) is 53.6 Å². The molecule has 0 saturated carbocycles. The van der Waals surface area contributed by atoms with Gasteiger partial charge in [-0.05, 0) is 24.7 Å². The van der Waals surface area contributed by atoms with Gasteiger partial charge >= 0.3 is 0 Å². The van der Waals surface area contributed by atoms with E-state index in [-0.39, 0.29) is 0 Å². The Labute approximate surface area is 97.1 Å². The van der Waals surface area contributed by atoms with Crippen LogP contribution in [0, 0.1) is 11.6 Å². The van der Waals surface area contributed by atoms with Gasteiger partial charge in [0.2, 0.25) is 0 Å². The molecule has 2 aromatic rings. The summed E-state index contributed by atoms with van der Waals surface area (Å²) in [5, 5.41) is 9.65. The molecule has 0 saturated heterocycles. The van der Waals surface area contributed by atoms with Gasteiger partial charge in [-0.3, -0.25) is 5.10 Å². The molecule has 90 valence electrons. The maximum Gasteiger partial charge on any atom is 0.164 e. The lowest BCUT2D eigenvalue weighted by Crippen LogP contribution is -2.06. The lowest BCUT2D eigenvalue weighted by molar-refractivity contribution is 0.507. The Morgan fingerprint density at radius 3 is 2.82 bits per heavy atom. The summed E-state index contributed by atoms with van der Waals surface area (Å²) in [6.07, 6.45) is 0.397. The normalized spacial score (nSPS) is 10.8. The largest absolute Gasteiger partial charge is 0.313 e. The van der Waals surface area contributed by atoms with Gasteiger partial charge in [0, 0.05) is 6.42 Å². The molecule has 0 aliphatic heterocycles. The van der Waals surface area contributed by atoms with Crippen LogP contribution in [0.2, 0.25) is 0 Å². The van der Waals surface area contributed by atoms with Gasteiger partial charge in [0.15, 0.2) is 17.5 Å². The van der Waals surface area contributed by atoms with Crippen LogP contribution >= 0.6 is 0 Å². The van der Waals surface area contributed by atoms with Crippen molar-refractivity contribution in [3.63, 3.8) is 0 Å². The molecule has 0 fully saturated rings. The summed E-state index contributed by atoms with van der Waals surface area (Å²) in [4.78, 5) is 4.20. The molecule has 0 amide bonds. The van der Waals surface area contributed by atoms with Crippen molar-refractivity contribution in [3.05, 3.63) is 47.0 Å². The van der Waals surface area contributed by atoms with Crippen molar-refractivity contribution in [2.75, 3.05) is 7.05 Å². The maximum absolute atomic E-state index is 13.0. The Balaban J connectivity index is 2.11. The Bertz CT molecular complexity index is 510. The molecule has 0 spiro atoms. The minimum atomic E-state index is -0.850. The van der Waals surface area contributed by atoms with E-state index in [1.807, 2.05) is 0 Å². The van der Waals surface area contributed by atoms with Crippen molar-refractivity contribution < 1.29 is 8.78 Å². The highest BCUT2D eigenvalue weighted by atomic mass is 19.2. The minimum Gasteiger partial charge on any atom is -0.313 e. The highest BCUT2D eigenvalue weighted by Crippen LogP contribution is 2.11. The number of rotatable bonds is 4. The number of hydrogen-bond donors (Lipinski definition) is 2. The predicted octanol–water partition coefficient (Wildman–Crippen LogP) is 1.39. The number of H-pyrrole nitrogens is 1. The smallest absolute Gasteiger partial charge is 0.164 e. The molecule has 1 heterocycles. The molecule has 0 aliphatic rings. The van der Waals surface area contributed by atoms with E-state index >= 15 is 0 Å². The van der Waals surface area contributed by atoms with Crippen LogP contribution in [-0.2, 0) is 13.0 Å². The fraction of sp³-hybridized carbons (Fsp3) is 0.273. The lowest BCUT2D eigenvalue weighted by Gasteiger charge is -1.98. The fourth-order valence-electron chi connectivity index (χ4n) is 1.49. The van der Waals surface area contributed by atoms with Gasteiger partial charge in [-0.15, -0.1) is 0 Å².